The summed E-state index contributed by atoms with van der Waals surface area (Å²) in [6.07, 6.45) is 0. The Morgan fingerprint density at radius 2 is 1.80 bits per heavy atom. The Bertz CT molecular complexity index is 876. The first-order chi connectivity index (χ1) is 11.7. The number of carbonyl (C=O) groups excluding carboxylic acids is 1. The predicted octanol–water partition coefficient (Wildman–Crippen LogP) is 2.94. The van der Waals surface area contributed by atoms with Gasteiger partial charge in [0.25, 0.3) is 5.91 Å². The summed E-state index contributed by atoms with van der Waals surface area (Å²) in [6.45, 7) is 5.31. The molecular formula is C18H22N2O4S. The molecule has 0 atom stereocenters. The van der Waals surface area contributed by atoms with E-state index in [1.54, 1.807) is 26.0 Å². The lowest BCUT2D eigenvalue weighted by Gasteiger charge is -2.14. The summed E-state index contributed by atoms with van der Waals surface area (Å²) in [6, 6.07) is 11.3. The third kappa shape index (κ3) is 4.58. The molecule has 2 aromatic carbocycles. The minimum absolute atomic E-state index is 0.0575. The molecule has 0 bridgehead atoms. The van der Waals surface area contributed by atoms with Gasteiger partial charge in [0.2, 0.25) is 10.0 Å². The topological polar surface area (TPSA) is 84.5 Å². The highest BCUT2D eigenvalue weighted by Crippen LogP contribution is 2.28. The van der Waals surface area contributed by atoms with Gasteiger partial charge in [0.05, 0.1) is 17.7 Å². The van der Waals surface area contributed by atoms with Crippen molar-refractivity contribution in [1.29, 1.82) is 0 Å². The Labute approximate surface area is 148 Å². The quantitative estimate of drug-likeness (QED) is 0.827. The molecule has 0 aliphatic rings. The molecule has 0 unspecified atom stereocenters. The largest absolute Gasteiger partial charge is 0.495 e. The zero-order valence-corrected chi connectivity index (χ0v) is 15.5. The monoisotopic (exact) mass is 362 g/mol. The lowest BCUT2D eigenvalue weighted by molar-refractivity contribution is 0.102. The average Bonchev–Trinajstić information content (AvgIpc) is 2.54. The van der Waals surface area contributed by atoms with E-state index in [0.717, 1.165) is 5.56 Å². The Kier molecular flexibility index (Phi) is 5.81. The van der Waals surface area contributed by atoms with Crippen LogP contribution in [0.2, 0.25) is 0 Å². The van der Waals surface area contributed by atoms with Gasteiger partial charge >= 0.3 is 0 Å². The van der Waals surface area contributed by atoms with Crippen LogP contribution in [0, 0.1) is 6.92 Å². The Morgan fingerprint density at radius 1 is 1.12 bits per heavy atom. The third-order valence-electron chi connectivity index (χ3n) is 3.51. The predicted molar refractivity (Wildman–Crippen MR) is 97.6 cm³/mol. The van der Waals surface area contributed by atoms with E-state index in [0.29, 0.717) is 17.0 Å². The van der Waals surface area contributed by atoms with Crippen molar-refractivity contribution >= 4 is 21.6 Å². The van der Waals surface area contributed by atoms with Gasteiger partial charge in [0.15, 0.2) is 0 Å². The van der Waals surface area contributed by atoms with Crippen LogP contribution >= 0.6 is 0 Å². The highest BCUT2D eigenvalue weighted by atomic mass is 32.2. The summed E-state index contributed by atoms with van der Waals surface area (Å²) >= 11 is 0. The van der Waals surface area contributed by atoms with E-state index in [9.17, 15) is 13.2 Å². The maximum Gasteiger partial charge on any atom is 0.256 e. The molecule has 7 heteroatoms. The molecule has 0 saturated carbocycles. The molecule has 2 N–H and O–H groups in total. The van der Waals surface area contributed by atoms with Crippen LogP contribution in [0.1, 0.15) is 29.8 Å². The van der Waals surface area contributed by atoms with Crippen LogP contribution in [0.4, 0.5) is 5.69 Å². The maximum absolute atomic E-state index is 12.5. The molecule has 0 heterocycles. The van der Waals surface area contributed by atoms with Gasteiger partial charge in [0.1, 0.15) is 5.75 Å². The van der Waals surface area contributed by atoms with Gasteiger partial charge in [-0.05, 0) is 50.6 Å². The van der Waals surface area contributed by atoms with Crippen molar-refractivity contribution in [3.8, 4) is 5.75 Å². The van der Waals surface area contributed by atoms with Crippen LogP contribution < -0.4 is 14.8 Å². The van der Waals surface area contributed by atoms with Crippen molar-refractivity contribution in [3.63, 3.8) is 0 Å². The molecule has 0 radical (unpaired) electrons. The Hall–Kier alpha value is -2.38. The van der Waals surface area contributed by atoms with Gasteiger partial charge in [-0.15, -0.1) is 0 Å². The van der Waals surface area contributed by atoms with Crippen molar-refractivity contribution in [1.82, 2.24) is 4.72 Å². The van der Waals surface area contributed by atoms with Gasteiger partial charge in [-0.1, -0.05) is 18.2 Å². The highest BCUT2D eigenvalue weighted by Gasteiger charge is 2.19. The molecule has 0 spiro atoms. The Balaban J connectivity index is 2.38. The fourth-order valence-corrected chi connectivity index (χ4v) is 3.62. The van der Waals surface area contributed by atoms with E-state index in [1.165, 1.54) is 25.3 Å². The van der Waals surface area contributed by atoms with E-state index < -0.39 is 10.0 Å². The lowest BCUT2D eigenvalue weighted by atomic mass is 10.1. The molecule has 0 fully saturated rings. The van der Waals surface area contributed by atoms with Gasteiger partial charge < -0.3 is 10.1 Å². The van der Waals surface area contributed by atoms with Crippen LogP contribution in [0.5, 0.6) is 5.75 Å². The van der Waals surface area contributed by atoms with Crippen molar-refractivity contribution in [2.45, 2.75) is 31.7 Å². The van der Waals surface area contributed by atoms with Gasteiger partial charge in [-0.2, -0.15) is 0 Å². The first kappa shape index (κ1) is 19.0. The lowest BCUT2D eigenvalue weighted by Crippen LogP contribution is -2.30. The fourth-order valence-electron chi connectivity index (χ4n) is 2.35. The van der Waals surface area contributed by atoms with Crippen LogP contribution in [-0.2, 0) is 10.0 Å². The Morgan fingerprint density at radius 3 is 2.40 bits per heavy atom. The van der Waals surface area contributed by atoms with E-state index in [2.05, 4.69) is 10.0 Å². The second-order valence-corrected chi connectivity index (χ2v) is 7.62. The number of sulfonamides is 1. The SMILES string of the molecule is COc1ccc(S(=O)(=O)NC(C)C)cc1NC(=O)c1ccccc1C. The van der Waals surface area contributed by atoms with E-state index in [-0.39, 0.29) is 16.8 Å². The minimum atomic E-state index is -3.67. The van der Waals surface area contributed by atoms with Crippen molar-refractivity contribution in [2.24, 2.45) is 0 Å². The van der Waals surface area contributed by atoms with Crippen molar-refractivity contribution in [2.75, 3.05) is 12.4 Å². The number of hydrogen-bond acceptors (Lipinski definition) is 4. The van der Waals surface area contributed by atoms with Gasteiger partial charge in [-0.3, -0.25) is 4.79 Å². The van der Waals surface area contributed by atoms with E-state index >= 15 is 0 Å². The minimum Gasteiger partial charge on any atom is -0.495 e. The smallest absolute Gasteiger partial charge is 0.256 e. The molecule has 0 aliphatic carbocycles. The summed E-state index contributed by atoms with van der Waals surface area (Å²) in [4.78, 5) is 12.6. The molecule has 2 rings (SSSR count). The van der Waals surface area contributed by atoms with Gasteiger partial charge in [-0.25, -0.2) is 13.1 Å². The van der Waals surface area contributed by atoms with Crippen LogP contribution in [0.15, 0.2) is 47.4 Å². The number of hydrogen-bond donors (Lipinski definition) is 2. The van der Waals surface area contributed by atoms with E-state index in [1.807, 2.05) is 19.1 Å². The molecule has 0 aliphatic heterocycles. The van der Waals surface area contributed by atoms with E-state index in [4.69, 9.17) is 4.74 Å². The third-order valence-corrected chi connectivity index (χ3v) is 5.17. The molecular weight excluding hydrogens is 340 g/mol. The zero-order valence-electron chi connectivity index (χ0n) is 14.7. The number of methoxy groups -OCH3 is 1. The van der Waals surface area contributed by atoms with Crippen LogP contribution in [-0.4, -0.2) is 27.5 Å². The highest BCUT2D eigenvalue weighted by molar-refractivity contribution is 7.89. The molecule has 6 nitrogen and oxygen atoms in total. The number of carbonyl (C=O) groups is 1. The number of benzene rings is 2. The molecule has 0 saturated heterocycles. The maximum atomic E-state index is 12.5. The molecule has 1 amide bonds. The average molecular weight is 362 g/mol. The summed E-state index contributed by atoms with van der Waals surface area (Å²) in [5.41, 5.74) is 1.63. The summed E-state index contributed by atoms with van der Waals surface area (Å²) in [7, 11) is -2.21. The second-order valence-electron chi connectivity index (χ2n) is 5.91. The second kappa shape index (κ2) is 7.67. The zero-order chi connectivity index (χ0) is 18.6. The number of nitrogens with one attached hydrogen (secondary N) is 2. The van der Waals surface area contributed by atoms with Crippen molar-refractivity contribution in [3.05, 3.63) is 53.6 Å². The standard InChI is InChI=1S/C18H22N2O4S/c1-12(2)20-25(22,23)14-9-10-17(24-4)16(11-14)19-18(21)15-8-6-5-7-13(15)3/h5-12,20H,1-4H3,(H,19,21). The summed E-state index contributed by atoms with van der Waals surface area (Å²) < 4.78 is 32.4. The van der Waals surface area contributed by atoms with Crippen LogP contribution in [0.3, 0.4) is 0 Å². The summed E-state index contributed by atoms with van der Waals surface area (Å²) in [5, 5.41) is 2.73. The van der Waals surface area contributed by atoms with Crippen molar-refractivity contribution < 1.29 is 17.9 Å². The number of ether oxygens (including phenoxy) is 1. The van der Waals surface area contributed by atoms with Gasteiger partial charge in [0, 0.05) is 11.6 Å². The molecule has 2 aromatic rings. The molecule has 0 aromatic heterocycles. The molecule has 25 heavy (non-hydrogen) atoms. The first-order valence-corrected chi connectivity index (χ1v) is 9.30. The van der Waals surface area contributed by atoms with Crippen LogP contribution in [0.25, 0.3) is 0 Å². The molecule has 134 valence electrons. The summed E-state index contributed by atoms with van der Waals surface area (Å²) in [5.74, 6) is 0.0493. The fraction of sp³-hybridized carbons (Fsp3) is 0.278. The number of amides is 1. The number of rotatable bonds is 6. The first-order valence-electron chi connectivity index (χ1n) is 7.82. The number of aryl methyl sites for hydroxylation is 1. The normalized spacial score (nSPS) is 11.4. The number of anilines is 1.